The van der Waals surface area contributed by atoms with E-state index in [2.05, 4.69) is 56.7 Å². The number of carbonyl (C=O) groups is 1. The van der Waals surface area contributed by atoms with Gasteiger partial charge in [0.25, 0.3) is 5.91 Å². The first-order valence-corrected chi connectivity index (χ1v) is 13.9. The summed E-state index contributed by atoms with van der Waals surface area (Å²) in [6, 6.07) is 5.63. The molecule has 3 aromatic rings. The molecule has 9 heteroatoms. The van der Waals surface area contributed by atoms with Crippen LogP contribution in [-0.2, 0) is 18.5 Å². The molecule has 1 amide bonds. The molecule has 0 saturated heterocycles. The maximum atomic E-state index is 14.3. The van der Waals surface area contributed by atoms with Gasteiger partial charge in [0.1, 0.15) is 0 Å². The van der Waals surface area contributed by atoms with Gasteiger partial charge in [0.05, 0.1) is 31.1 Å². The minimum Gasteiger partial charge on any atom is -0.491 e. The summed E-state index contributed by atoms with van der Waals surface area (Å²) in [5.41, 5.74) is 4.75. The van der Waals surface area contributed by atoms with E-state index in [-0.39, 0.29) is 23.1 Å². The summed E-state index contributed by atoms with van der Waals surface area (Å²) in [5, 5.41) is 3.14. The van der Waals surface area contributed by atoms with E-state index in [9.17, 15) is 9.18 Å². The van der Waals surface area contributed by atoms with E-state index in [4.69, 9.17) is 4.74 Å². The van der Waals surface area contributed by atoms with Crippen LogP contribution in [-0.4, -0.2) is 57.0 Å². The first-order valence-electron chi connectivity index (χ1n) is 13.9. The Labute approximate surface area is 234 Å². The number of pyridine rings is 1. The molecule has 1 fully saturated rings. The summed E-state index contributed by atoms with van der Waals surface area (Å²) in [7, 11) is 1.85. The molecule has 2 aliphatic heterocycles. The maximum Gasteiger partial charge on any atom is 0.254 e. The van der Waals surface area contributed by atoms with Gasteiger partial charge < -0.3 is 24.4 Å². The molecule has 1 atom stereocenters. The number of carbonyl (C=O) groups excluding carboxylic acids is 1. The smallest absolute Gasteiger partial charge is 0.254 e. The molecule has 8 nitrogen and oxygen atoms in total. The second-order valence-electron chi connectivity index (χ2n) is 10.9. The van der Waals surface area contributed by atoms with Gasteiger partial charge in [-0.15, -0.1) is 0 Å². The number of imidazole rings is 1. The van der Waals surface area contributed by atoms with Gasteiger partial charge in [-0.05, 0) is 61.7 Å². The quantitative estimate of drug-likeness (QED) is 0.408. The number of nitrogens with one attached hydrogen (secondary N) is 1. The lowest BCUT2D eigenvalue weighted by atomic mass is 9.81. The van der Waals surface area contributed by atoms with Gasteiger partial charge in [-0.1, -0.05) is 18.2 Å². The van der Waals surface area contributed by atoms with Gasteiger partial charge in [-0.2, -0.15) is 0 Å². The zero-order chi connectivity index (χ0) is 27.9. The Bertz CT molecular complexity index is 1490. The number of hydrogen-bond acceptors (Lipinski definition) is 6. The minimum absolute atomic E-state index is 0.0132. The predicted molar refractivity (Wildman–Crippen MR) is 152 cm³/mol. The number of aromatic nitrogens is 3. The van der Waals surface area contributed by atoms with Crippen molar-refractivity contribution in [3.05, 3.63) is 95.0 Å². The number of halogens is 1. The third-order valence-corrected chi connectivity index (χ3v) is 8.21. The van der Waals surface area contributed by atoms with E-state index in [1.165, 1.54) is 17.3 Å². The van der Waals surface area contributed by atoms with Crippen LogP contribution in [0.25, 0.3) is 0 Å². The van der Waals surface area contributed by atoms with Crippen molar-refractivity contribution in [1.82, 2.24) is 24.3 Å². The number of benzene rings is 1. The van der Waals surface area contributed by atoms with Gasteiger partial charge in [0.15, 0.2) is 11.6 Å². The number of ether oxygens (including phenoxy) is 1. The number of hydrogen-bond donors (Lipinski definition) is 1. The molecular weight excluding hydrogens is 507 g/mol. The number of rotatable bonds is 9. The predicted octanol–water partition coefficient (Wildman–Crippen LogP) is 5.04. The van der Waals surface area contributed by atoms with Crippen molar-refractivity contribution < 1.29 is 13.9 Å². The van der Waals surface area contributed by atoms with Crippen LogP contribution in [0, 0.1) is 5.82 Å². The second kappa shape index (κ2) is 10.4. The molecule has 6 rings (SSSR count). The van der Waals surface area contributed by atoms with Gasteiger partial charge in [-0.25, -0.2) is 9.37 Å². The normalized spacial score (nSPS) is 17.8. The van der Waals surface area contributed by atoms with E-state index >= 15 is 0 Å². The average Bonchev–Trinajstić information content (AvgIpc) is 3.59. The minimum atomic E-state index is -0.497. The SMILES string of the molecule is CCOc1cc(C(C)N2CC3(CC3)c3c(CN4C=CC=CC4)cc(Cn4ccnc4NC)cc3C2=O)ncc1F. The first kappa shape index (κ1) is 26.1. The molecule has 0 radical (unpaired) electrons. The summed E-state index contributed by atoms with van der Waals surface area (Å²) in [6.45, 7) is 6.93. The molecule has 1 saturated carbocycles. The largest absolute Gasteiger partial charge is 0.491 e. The van der Waals surface area contributed by atoms with Crippen LogP contribution in [0.2, 0.25) is 0 Å². The lowest BCUT2D eigenvalue weighted by Gasteiger charge is -2.40. The highest BCUT2D eigenvalue weighted by molar-refractivity contribution is 5.98. The zero-order valence-corrected chi connectivity index (χ0v) is 23.2. The van der Waals surface area contributed by atoms with E-state index < -0.39 is 5.82 Å². The lowest BCUT2D eigenvalue weighted by molar-refractivity contribution is 0.0633. The van der Waals surface area contributed by atoms with Crippen molar-refractivity contribution in [1.29, 1.82) is 0 Å². The van der Waals surface area contributed by atoms with Crippen molar-refractivity contribution in [3.8, 4) is 5.75 Å². The van der Waals surface area contributed by atoms with Crippen LogP contribution in [0.3, 0.4) is 0 Å². The molecule has 2 aromatic heterocycles. The molecule has 1 aliphatic carbocycles. The van der Waals surface area contributed by atoms with Crippen LogP contribution in [0.5, 0.6) is 5.75 Å². The zero-order valence-electron chi connectivity index (χ0n) is 23.2. The third-order valence-electron chi connectivity index (χ3n) is 8.21. The van der Waals surface area contributed by atoms with Crippen molar-refractivity contribution in [2.45, 2.75) is 51.2 Å². The summed E-state index contributed by atoms with van der Waals surface area (Å²) >= 11 is 0. The first-order chi connectivity index (χ1) is 19.4. The van der Waals surface area contributed by atoms with Crippen LogP contribution in [0.1, 0.15) is 65.5 Å². The third kappa shape index (κ3) is 4.74. The number of allylic oxidation sites excluding steroid dienone is 2. The number of amides is 1. The van der Waals surface area contributed by atoms with Gasteiger partial charge in [0.2, 0.25) is 5.95 Å². The van der Waals surface area contributed by atoms with Crippen molar-refractivity contribution >= 4 is 11.9 Å². The fourth-order valence-corrected chi connectivity index (χ4v) is 6.08. The molecule has 1 aromatic carbocycles. The standard InChI is InChI=1S/C31H35FN6O2/c1-4-40-27-16-26(35-17-25(27)32)21(2)38-20-31(8-9-31)28-23(19-36-11-6-5-7-12-36)14-22(15-24(28)29(38)39)18-37-13-10-34-30(37)33-3/h5-7,10-11,13-17,21H,4,8-9,12,18-20H2,1-3H3,(H,33,34). The fraction of sp³-hybridized carbons (Fsp3) is 0.387. The topological polar surface area (TPSA) is 75.5 Å². The molecule has 1 unspecified atom stereocenters. The summed E-state index contributed by atoms with van der Waals surface area (Å²) in [5.74, 6) is 0.430. The Morgan fingerprint density at radius 3 is 2.75 bits per heavy atom. The van der Waals surface area contributed by atoms with Crippen molar-refractivity contribution in [3.63, 3.8) is 0 Å². The van der Waals surface area contributed by atoms with Crippen LogP contribution >= 0.6 is 0 Å². The molecule has 4 heterocycles. The number of fused-ring (bicyclic) bond motifs is 2. The van der Waals surface area contributed by atoms with Gasteiger partial charge in [0, 0.05) is 56.1 Å². The average molecular weight is 543 g/mol. The van der Waals surface area contributed by atoms with Gasteiger partial charge >= 0.3 is 0 Å². The molecule has 3 aliphatic rings. The molecule has 208 valence electrons. The fourth-order valence-electron chi connectivity index (χ4n) is 6.08. The van der Waals surface area contributed by atoms with Crippen LogP contribution in [0.4, 0.5) is 10.3 Å². The molecule has 1 spiro atoms. The highest BCUT2D eigenvalue weighted by Crippen LogP contribution is 2.55. The van der Waals surface area contributed by atoms with Crippen LogP contribution < -0.4 is 10.1 Å². The van der Waals surface area contributed by atoms with E-state index in [0.717, 1.165) is 43.0 Å². The van der Waals surface area contributed by atoms with E-state index in [0.29, 0.717) is 25.4 Å². The highest BCUT2D eigenvalue weighted by atomic mass is 19.1. The summed E-state index contributed by atoms with van der Waals surface area (Å²) < 4.78 is 21.8. The van der Waals surface area contributed by atoms with Gasteiger partial charge in [-0.3, -0.25) is 9.78 Å². The van der Waals surface area contributed by atoms with Crippen molar-refractivity contribution in [2.75, 3.05) is 32.1 Å². The maximum absolute atomic E-state index is 14.3. The lowest BCUT2D eigenvalue weighted by Crippen LogP contribution is -2.45. The van der Waals surface area contributed by atoms with Crippen LogP contribution in [0.15, 0.2) is 61.2 Å². The van der Waals surface area contributed by atoms with E-state index in [1.54, 1.807) is 12.3 Å². The van der Waals surface area contributed by atoms with E-state index in [1.807, 2.05) is 36.6 Å². The monoisotopic (exact) mass is 542 g/mol. The summed E-state index contributed by atoms with van der Waals surface area (Å²) in [6.07, 6.45) is 15.3. The Kier molecular flexibility index (Phi) is 6.82. The number of nitrogens with zero attached hydrogens (tertiary/aromatic N) is 5. The Balaban J connectivity index is 1.40. The molecule has 0 bridgehead atoms. The number of anilines is 1. The summed E-state index contributed by atoms with van der Waals surface area (Å²) in [4.78, 5) is 27.2. The Hall–Kier alpha value is -4.14. The Morgan fingerprint density at radius 1 is 1.18 bits per heavy atom. The van der Waals surface area contributed by atoms with Crippen molar-refractivity contribution in [2.24, 2.45) is 0 Å². The molecule has 1 N–H and O–H groups in total. The highest BCUT2D eigenvalue weighted by Gasteiger charge is 2.53. The Morgan fingerprint density at radius 2 is 2.02 bits per heavy atom. The molecule has 40 heavy (non-hydrogen) atoms. The molecular formula is C31H35FN6O2. The second-order valence-corrected chi connectivity index (χ2v) is 10.9.